The number of nitrogens with zero attached hydrogens (tertiary/aromatic N) is 1. The number of aromatic hydroxyl groups is 1. The van der Waals surface area contributed by atoms with Crippen LogP contribution in [0.5, 0.6) is 5.75 Å². The maximum atomic E-state index is 14.0. The number of nitrogens with one attached hydrogen (secondary N) is 2. The summed E-state index contributed by atoms with van der Waals surface area (Å²) < 4.78 is 5.37. The monoisotopic (exact) mass is 513 g/mol. The molecule has 4 N–H and O–H groups in total. The van der Waals surface area contributed by atoms with Crippen LogP contribution in [0.3, 0.4) is 0 Å². The Balaban J connectivity index is 2.52. The van der Waals surface area contributed by atoms with E-state index in [9.17, 15) is 24.6 Å². The molecule has 0 aliphatic carbocycles. The number of phenols is 1. The van der Waals surface area contributed by atoms with Crippen LogP contribution in [0, 0.1) is 12.8 Å². The lowest BCUT2D eigenvalue weighted by Gasteiger charge is -2.35. The van der Waals surface area contributed by atoms with Crippen LogP contribution in [-0.4, -0.2) is 57.8 Å². The molecule has 0 radical (unpaired) electrons. The number of amides is 3. The molecule has 0 aliphatic heterocycles. The SMILES string of the molecule is CCC(C)C(NC(=O)OC(C)(C)C)C(=O)N(CCO)C(C(=O)Nc1ccccc1C)c1cccc(O)c1. The van der Waals surface area contributed by atoms with Crippen molar-refractivity contribution in [2.24, 2.45) is 5.92 Å². The first kappa shape index (κ1) is 29.6. The Morgan fingerprint density at radius 2 is 1.76 bits per heavy atom. The predicted molar refractivity (Wildman–Crippen MR) is 142 cm³/mol. The summed E-state index contributed by atoms with van der Waals surface area (Å²) in [4.78, 5) is 41.5. The number of carbonyl (C=O) groups is 3. The number of rotatable bonds is 10. The summed E-state index contributed by atoms with van der Waals surface area (Å²) in [6.07, 6.45) is -0.195. The van der Waals surface area contributed by atoms with Gasteiger partial charge in [0.15, 0.2) is 0 Å². The number of hydrogen-bond donors (Lipinski definition) is 4. The van der Waals surface area contributed by atoms with Crippen LogP contribution < -0.4 is 10.6 Å². The van der Waals surface area contributed by atoms with E-state index in [0.717, 1.165) is 5.56 Å². The van der Waals surface area contributed by atoms with Gasteiger partial charge >= 0.3 is 6.09 Å². The molecule has 202 valence electrons. The van der Waals surface area contributed by atoms with Crippen molar-refractivity contribution in [3.05, 3.63) is 59.7 Å². The van der Waals surface area contributed by atoms with E-state index in [1.807, 2.05) is 32.9 Å². The molecule has 3 amide bonds. The lowest BCUT2D eigenvalue weighted by atomic mass is 9.95. The van der Waals surface area contributed by atoms with Gasteiger partial charge in [0.1, 0.15) is 23.4 Å². The molecule has 3 unspecified atom stereocenters. The molecule has 3 atom stereocenters. The Bertz CT molecular complexity index is 1080. The maximum Gasteiger partial charge on any atom is 0.408 e. The standard InChI is InChI=1S/C28H39N3O6/c1-7-18(2)23(30-27(36)37-28(4,5)6)26(35)31(15-16-32)24(20-12-10-13-21(33)17-20)25(34)29-22-14-9-8-11-19(22)3/h8-14,17-18,23-24,32-33H,7,15-16H2,1-6H3,(H,29,34)(H,30,36). The van der Waals surface area contributed by atoms with Crippen LogP contribution >= 0.6 is 0 Å². The Morgan fingerprint density at radius 3 is 2.32 bits per heavy atom. The minimum absolute atomic E-state index is 0.0760. The average molecular weight is 514 g/mol. The molecule has 2 aromatic carbocycles. The number of benzene rings is 2. The average Bonchev–Trinajstić information content (AvgIpc) is 2.81. The highest BCUT2D eigenvalue weighted by Crippen LogP contribution is 2.28. The normalized spacial score (nSPS) is 13.7. The third kappa shape index (κ3) is 8.49. The van der Waals surface area contributed by atoms with Crippen molar-refractivity contribution in [1.29, 1.82) is 0 Å². The Labute approximate surface area is 218 Å². The van der Waals surface area contributed by atoms with Gasteiger partial charge in [0.05, 0.1) is 6.61 Å². The minimum Gasteiger partial charge on any atom is -0.508 e. The second-order valence-electron chi connectivity index (χ2n) is 10.1. The van der Waals surface area contributed by atoms with E-state index in [1.54, 1.807) is 45.0 Å². The summed E-state index contributed by atoms with van der Waals surface area (Å²) in [5, 5.41) is 25.5. The molecule has 0 saturated heterocycles. The zero-order chi connectivity index (χ0) is 27.8. The van der Waals surface area contributed by atoms with E-state index < -0.39 is 42.2 Å². The quantitative estimate of drug-likeness (QED) is 0.378. The zero-order valence-electron chi connectivity index (χ0n) is 22.4. The van der Waals surface area contributed by atoms with E-state index >= 15 is 0 Å². The van der Waals surface area contributed by atoms with Crippen LogP contribution in [0.1, 0.15) is 58.2 Å². The highest BCUT2D eigenvalue weighted by molar-refractivity contribution is 5.99. The fraction of sp³-hybridized carbons (Fsp3) is 0.464. The van der Waals surface area contributed by atoms with Crippen LogP contribution in [0.2, 0.25) is 0 Å². The molecule has 37 heavy (non-hydrogen) atoms. The molecule has 0 aliphatic rings. The first-order chi connectivity index (χ1) is 17.4. The Morgan fingerprint density at radius 1 is 1.08 bits per heavy atom. The van der Waals surface area contributed by atoms with Gasteiger partial charge in [-0.3, -0.25) is 9.59 Å². The number of ether oxygens (including phenoxy) is 1. The first-order valence-corrected chi connectivity index (χ1v) is 12.4. The molecule has 0 aromatic heterocycles. The number of phenolic OH excluding ortho intramolecular Hbond substituents is 1. The summed E-state index contributed by atoms with van der Waals surface area (Å²) in [6, 6.07) is 11.1. The van der Waals surface area contributed by atoms with Gasteiger partial charge in [-0.15, -0.1) is 0 Å². The second-order valence-corrected chi connectivity index (χ2v) is 10.1. The summed E-state index contributed by atoms with van der Waals surface area (Å²) in [5.74, 6) is -1.46. The number of aryl methyl sites for hydroxylation is 1. The third-order valence-electron chi connectivity index (χ3n) is 5.92. The molecular weight excluding hydrogens is 474 g/mol. The highest BCUT2D eigenvalue weighted by Gasteiger charge is 2.38. The lowest BCUT2D eigenvalue weighted by molar-refractivity contribution is -0.142. The van der Waals surface area contributed by atoms with Crippen LogP contribution in [0.4, 0.5) is 10.5 Å². The van der Waals surface area contributed by atoms with Gasteiger partial charge in [-0.1, -0.05) is 50.6 Å². The van der Waals surface area contributed by atoms with E-state index in [4.69, 9.17) is 4.74 Å². The van der Waals surface area contributed by atoms with E-state index in [2.05, 4.69) is 10.6 Å². The van der Waals surface area contributed by atoms with Gasteiger partial charge in [0.25, 0.3) is 5.91 Å². The Kier molecular flexibility index (Phi) is 10.5. The molecular formula is C28H39N3O6. The number of para-hydroxylation sites is 1. The smallest absolute Gasteiger partial charge is 0.408 e. The van der Waals surface area contributed by atoms with Gasteiger partial charge < -0.3 is 30.5 Å². The van der Waals surface area contributed by atoms with Gasteiger partial charge in [0, 0.05) is 12.2 Å². The third-order valence-corrected chi connectivity index (χ3v) is 5.92. The summed E-state index contributed by atoms with van der Waals surface area (Å²) in [6.45, 7) is 10.1. The van der Waals surface area contributed by atoms with Gasteiger partial charge in [-0.25, -0.2) is 4.79 Å². The maximum absolute atomic E-state index is 14.0. The van der Waals surface area contributed by atoms with Gasteiger partial charge in [0.2, 0.25) is 5.91 Å². The number of alkyl carbamates (subject to hydrolysis) is 1. The van der Waals surface area contributed by atoms with Crippen LogP contribution in [-0.2, 0) is 14.3 Å². The molecule has 9 heteroatoms. The van der Waals surface area contributed by atoms with Crippen LogP contribution in [0.15, 0.2) is 48.5 Å². The Hall–Kier alpha value is -3.59. The lowest BCUT2D eigenvalue weighted by Crippen LogP contribution is -2.55. The van der Waals surface area contributed by atoms with Crippen molar-refractivity contribution in [1.82, 2.24) is 10.2 Å². The second kappa shape index (κ2) is 13.1. The molecule has 0 bridgehead atoms. The molecule has 0 fully saturated rings. The molecule has 0 spiro atoms. The molecule has 2 aromatic rings. The largest absolute Gasteiger partial charge is 0.508 e. The number of hydrogen-bond acceptors (Lipinski definition) is 6. The number of anilines is 1. The van der Waals surface area contributed by atoms with Crippen LogP contribution in [0.25, 0.3) is 0 Å². The molecule has 0 heterocycles. The summed E-state index contributed by atoms with van der Waals surface area (Å²) >= 11 is 0. The van der Waals surface area contributed by atoms with Gasteiger partial charge in [-0.05, 0) is 62.9 Å². The fourth-order valence-electron chi connectivity index (χ4n) is 3.85. The first-order valence-electron chi connectivity index (χ1n) is 12.4. The number of aliphatic hydroxyl groups excluding tert-OH is 1. The highest BCUT2D eigenvalue weighted by atomic mass is 16.6. The van der Waals surface area contributed by atoms with E-state index in [1.165, 1.54) is 17.0 Å². The van der Waals surface area contributed by atoms with Gasteiger partial charge in [-0.2, -0.15) is 0 Å². The van der Waals surface area contributed by atoms with E-state index in [-0.39, 0.29) is 18.2 Å². The minimum atomic E-state index is -1.20. The molecule has 2 rings (SSSR count). The van der Waals surface area contributed by atoms with Crippen molar-refractivity contribution in [2.45, 2.75) is 65.6 Å². The van der Waals surface area contributed by atoms with Crippen molar-refractivity contribution in [3.8, 4) is 5.75 Å². The van der Waals surface area contributed by atoms with E-state index in [0.29, 0.717) is 17.7 Å². The molecule has 0 saturated carbocycles. The summed E-state index contributed by atoms with van der Waals surface area (Å²) in [5.41, 5.74) is 0.984. The van der Waals surface area contributed by atoms with Crippen molar-refractivity contribution < 1.29 is 29.3 Å². The van der Waals surface area contributed by atoms with Crippen molar-refractivity contribution in [3.63, 3.8) is 0 Å². The topological polar surface area (TPSA) is 128 Å². The fourth-order valence-corrected chi connectivity index (χ4v) is 3.85. The zero-order valence-corrected chi connectivity index (χ0v) is 22.4. The number of carbonyl (C=O) groups excluding carboxylic acids is 3. The molecule has 9 nitrogen and oxygen atoms in total. The summed E-state index contributed by atoms with van der Waals surface area (Å²) in [7, 11) is 0. The van der Waals surface area contributed by atoms with Crippen molar-refractivity contribution >= 4 is 23.6 Å². The predicted octanol–water partition coefficient (Wildman–Crippen LogP) is 4.14. The van der Waals surface area contributed by atoms with Crippen molar-refractivity contribution in [2.75, 3.05) is 18.5 Å². The number of aliphatic hydroxyl groups is 1.